The van der Waals surface area contributed by atoms with E-state index in [2.05, 4.69) is 20.7 Å². The quantitative estimate of drug-likeness (QED) is 0.633. The molecule has 2 aromatic carbocycles. The van der Waals surface area contributed by atoms with E-state index in [1.165, 1.54) is 30.3 Å². The molecule has 0 aliphatic rings. The van der Waals surface area contributed by atoms with Crippen LogP contribution in [0.4, 0.5) is 11.4 Å². The zero-order chi connectivity index (χ0) is 15.6. The van der Waals surface area contributed by atoms with Gasteiger partial charge in [-0.2, -0.15) is 0 Å². The molecule has 110 valence electrons. The van der Waals surface area contributed by atoms with Crippen LogP contribution in [0.1, 0.15) is 0 Å². The number of aromatic hydroxyl groups is 1. The number of sulfonamides is 1. The summed E-state index contributed by atoms with van der Waals surface area (Å²) >= 11 is 3.01. The van der Waals surface area contributed by atoms with Crippen LogP contribution < -0.4 is 4.72 Å². The van der Waals surface area contributed by atoms with Gasteiger partial charge in [0.1, 0.15) is 5.75 Å². The van der Waals surface area contributed by atoms with Crippen LogP contribution in [-0.4, -0.2) is 18.4 Å². The molecule has 0 atom stereocenters. The normalized spacial score (nSPS) is 11.1. The molecule has 7 nitrogen and oxygen atoms in total. The molecule has 0 fully saturated rings. The molecule has 0 spiro atoms. The van der Waals surface area contributed by atoms with Gasteiger partial charge >= 0.3 is 0 Å². The van der Waals surface area contributed by atoms with Gasteiger partial charge < -0.3 is 5.11 Å². The fourth-order valence-corrected chi connectivity index (χ4v) is 3.06. The summed E-state index contributed by atoms with van der Waals surface area (Å²) < 4.78 is 26.7. The van der Waals surface area contributed by atoms with Crippen molar-refractivity contribution in [2.75, 3.05) is 4.72 Å². The minimum Gasteiger partial charge on any atom is -0.508 e. The molecule has 0 unspecified atom stereocenters. The summed E-state index contributed by atoms with van der Waals surface area (Å²) in [5.41, 5.74) is -0.209. The highest BCUT2D eigenvalue weighted by Gasteiger charge is 2.18. The van der Waals surface area contributed by atoms with Crippen LogP contribution >= 0.6 is 15.9 Å². The van der Waals surface area contributed by atoms with Gasteiger partial charge in [-0.05, 0) is 40.2 Å². The van der Waals surface area contributed by atoms with Crippen molar-refractivity contribution in [2.45, 2.75) is 4.90 Å². The first-order valence-electron chi connectivity index (χ1n) is 5.55. The van der Waals surface area contributed by atoms with E-state index in [4.69, 9.17) is 0 Å². The van der Waals surface area contributed by atoms with Gasteiger partial charge in [0.25, 0.3) is 15.7 Å². The number of nitrogens with one attached hydrogen (secondary N) is 1. The molecule has 0 amide bonds. The molecule has 0 saturated heterocycles. The predicted molar refractivity (Wildman–Crippen MR) is 79.7 cm³/mol. The minimum atomic E-state index is -3.94. The number of nitro groups is 1. The average molecular weight is 373 g/mol. The molecule has 0 heterocycles. The molecule has 9 heteroatoms. The summed E-state index contributed by atoms with van der Waals surface area (Å²) in [6, 6.07) is 8.96. The van der Waals surface area contributed by atoms with Crippen molar-refractivity contribution in [3.63, 3.8) is 0 Å². The second-order valence-electron chi connectivity index (χ2n) is 4.03. The molecule has 0 radical (unpaired) electrons. The van der Waals surface area contributed by atoms with Crippen molar-refractivity contribution in [3.8, 4) is 5.75 Å². The molecule has 2 N–H and O–H groups in total. The first kappa shape index (κ1) is 15.3. The largest absolute Gasteiger partial charge is 0.508 e. The van der Waals surface area contributed by atoms with Gasteiger partial charge in [0.05, 0.1) is 20.0 Å². The topological polar surface area (TPSA) is 110 Å². The van der Waals surface area contributed by atoms with Crippen molar-refractivity contribution >= 4 is 37.3 Å². The molecule has 2 aromatic rings. The Hall–Kier alpha value is -2.13. The minimum absolute atomic E-state index is 0.0493. The first-order valence-corrected chi connectivity index (χ1v) is 7.83. The second-order valence-corrected chi connectivity index (χ2v) is 6.56. The van der Waals surface area contributed by atoms with E-state index in [1.54, 1.807) is 0 Å². The van der Waals surface area contributed by atoms with Gasteiger partial charge in [-0.25, -0.2) is 8.42 Å². The summed E-state index contributed by atoms with van der Waals surface area (Å²) in [6.07, 6.45) is 0. The highest BCUT2D eigenvalue weighted by Crippen LogP contribution is 2.29. The van der Waals surface area contributed by atoms with E-state index in [-0.39, 0.29) is 26.5 Å². The summed E-state index contributed by atoms with van der Waals surface area (Å²) in [6.45, 7) is 0. The molecule has 2 rings (SSSR count). The number of nitrogens with zero attached hydrogens (tertiary/aromatic N) is 1. The zero-order valence-electron chi connectivity index (χ0n) is 10.4. The summed E-state index contributed by atoms with van der Waals surface area (Å²) in [5.74, 6) is -0.195. The third kappa shape index (κ3) is 3.50. The van der Waals surface area contributed by atoms with E-state index in [0.29, 0.717) is 0 Å². The SMILES string of the molecule is O=[N+]([O-])c1cc(NS(=O)(=O)c2cccc(O)c2)ccc1Br. The number of phenols is 1. The summed E-state index contributed by atoms with van der Waals surface area (Å²) in [5, 5.41) is 20.1. The van der Waals surface area contributed by atoms with Crippen molar-refractivity contribution in [1.29, 1.82) is 0 Å². The summed E-state index contributed by atoms with van der Waals surface area (Å²) in [4.78, 5) is 10.0. The predicted octanol–water partition coefficient (Wildman–Crippen LogP) is 2.86. The fourth-order valence-electron chi connectivity index (χ4n) is 1.58. The summed E-state index contributed by atoms with van der Waals surface area (Å²) in [7, 11) is -3.94. The van der Waals surface area contributed by atoms with E-state index < -0.39 is 14.9 Å². The van der Waals surface area contributed by atoms with E-state index in [1.807, 2.05) is 0 Å². The number of halogens is 1. The lowest BCUT2D eigenvalue weighted by Gasteiger charge is -2.08. The highest BCUT2D eigenvalue weighted by atomic mass is 79.9. The van der Waals surface area contributed by atoms with E-state index >= 15 is 0 Å². The molecule has 0 saturated carbocycles. The Labute approximate surface area is 128 Å². The lowest BCUT2D eigenvalue weighted by Crippen LogP contribution is -2.13. The number of benzene rings is 2. The van der Waals surface area contributed by atoms with Gasteiger partial charge in [-0.3, -0.25) is 14.8 Å². The molecule has 0 aliphatic heterocycles. The maximum atomic E-state index is 12.1. The van der Waals surface area contributed by atoms with Crippen molar-refractivity contribution in [3.05, 3.63) is 57.1 Å². The third-order valence-electron chi connectivity index (χ3n) is 2.52. The lowest BCUT2D eigenvalue weighted by molar-refractivity contribution is -0.385. The van der Waals surface area contributed by atoms with Gasteiger partial charge in [0.2, 0.25) is 0 Å². The van der Waals surface area contributed by atoms with Crippen molar-refractivity contribution in [1.82, 2.24) is 0 Å². The number of rotatable bonds is 4. The number of phenolic OH excluding ortho intramolecular Hbond substituents is 1. The fraction of sp³-hybridized carbons (Fsp3) is 0. The number of nitro benzene ring substituents is 1. The average Bonchev–Trinajstić information content (AvgIpc) is 2.40. The second kappa shape index (κ2) is 5.70. The van der Waals surface area contributed by atoms with Crippen LogP contribution in [0.3, 0.4) is 0 Å². The van der Waals surface area contributed by atoms with Crippen LogP contribution in [0.2, 0.25) is 0 Å². The number of hydrogen-bond acceptors (Lipinski definition) is 5. The molecule has 21 heavy (non-hydrogen) atoms. The van der Waals surface area contributed by atoms with Gasteiger partial charge in [0, 0.05) is 12.1 Å². The maximum Gasteiger partial charge on any atom is 0.285 e. The highest BCUT2D eigenvalue weighted by molar-refractivity contribution is 9.10. The monoisotopic (exact) mass is 372 g/mol. The Bertz CT molecular complexity index is 807. The van der Waals surface area contributed by atoms with Crippen LogP contribution in [-0.2, 0) is 10.0 Å². The Morgan fingerprint density at radius 3 is 2.52 bits per heavy atom. The van der Waals surface area contributed by atoms with Crippen molar-refractivity contribution in [2.24, 2.45) is 0 Å². The Morgan fingerprint density at radius 2 is 1.90 bits per heavy atom. The van der Waals surface area contributed by atoms with Crippen LogP contribution in [0.15, 0.2) is 51.8 Å². The first-order chi connectivity index (χ1) is 9.79. The lowest BCUT2D eigenvalue weighted by atomic mass is 10.3. The smallest absolute Gasteiger partial charge is 0.285 e. The molecular formula is C12H9BrN2O5S. The van der Waals surface area contributed by atoms with Crippen LogP contribution in [0, 0.1) is 10.1 Å². The Balaban J connectivity index is 2.37. The molecule has 0 aliphatic carbocycles. The number of hydrogen-bond donors (Lipinski definition) is 2. The van der Waals surface area contributed by atoms with E-state index in [0.717, 1.165) is 12.1 Å². The van der Waals surface area contributed by atoms with E-state index in [9.17, 15) is 23.6 Å². The Morgan fingerprint density at radius 1 is 1.19 bits per heavy atom. The van der Waals surface area contributed by atoms with Gasteiger partial charge in [0.15, 0.2) is 0 Å². The van der Waals surface area contributed by atoms with Crippen LogP contribution in [0.25, 0.3) is 0 Å². The van der Waals surface area contributed by atoms with Gasteiger partial charge in [-0.1, -0.05) is 6.07 Å². The zero-order valence-corrected chi connectivity index (χ0v) is 12.8. The van der Waals surface area contributed by atoms with Gasteiger partial charge in [-0.15, -0.1) is 0 Å². The molecule has 0 bridgehead atoms. The molecule has 0 aromatic heterocycles. The Kier molecular flexibility index (Phi) is 4.14. The third-order valence-corrected chi connectivity index (χ3v) is 4.57. The maximum absolute atomic E-state index is 12.1. The molecular weight excluding hydrogens is 364 g/mol. The van der Waals surface area contributed by atoms with Crippen molar-refractivity contribution < 1.29 is 18.4 Å². The number of anilines is 1. The standard InChI is InChI=1S/C12H9BrN2O5S/c13-11-5-4-8(6-12(11)15(17)18)14-21(19,20)10-3-1-2-9(16)7-10/h1-7,14,16H. The van der Waals surface area contributed by atoms with Crippen LogP contribution in [0.5, 0.6) is 5.75 Å².